The summed E-state index contributed by atoms with van der Waals surface area (Å²) >= 11 is 0. The molecule has 2 nitrogen and oxygen atoms in total. The average molecular weight is 241 g/mol. The van der Waals surface area contributed by atoms with E-state index in [2.05, 4.69) is 0 Å². The van der Waals surface area contributed by atoms with E-state index in [4.69, 9.17) is 0 Å². The van der Waals surface area contributed by atoms with E-state index in [1.54, 1.807) is 6.07 Å². The van der Waals surface area contributed by atoms with E-state index in [9.17, 15) is 9.50 Å². The van der Waals surface area contributed by atoms with E-state index in [1.165, 1.54) is 12.1 Å². The lowest BCUT2D eigenvalue weighted by atomic mass is 10.0. The summed E-state index contributed by atoms with van der Waals surface area (Å²) in [5.41, 5.74) is 3.43. The van der Waals surface area contributed by atoms with E-state index in [1.807, 2.05) is 41.1 Å². The zero-order chi connectivity index (χ0) is 12.5. The highest BCUT2D eigenvalue weighted by atomic mass is 19.1. The number of hydrogen-bond acceptors (Lipinski definition) is 1. The number of hydrogen-bond donors (Lipinski definition) is 1. The van der Waals surface area contributed by atoms with Crippen LogP contribution in [0.2, 0.25) is 0 Å². The van der Waals surface area contributed by atoms with Crippen molar-refractivity contribution in [2.24, 2.45) is 0 Å². The molecule has 1 N–H and O–H groups in total. The summed E-state index contributed by atoms with van der Waals surface area (Å²) in [6.07, 6.45) is 3.78. The summed E-state index contributed by atoms with van der Waals surface area (Å²) in [5.74, 6) is -0.272. The molecule has 0 aliphatic carbocycles. The summed E-state index contributed by atoms with van der Waals surface area (Å²) in [7, 11) is 0. The van der Waals surface area contributed by atoms with Crippen LogP contribution in [-0.2, 0) is 6.61 Å². The van der Waals surface area contributed by atoms with Gasteiger partial charge in [-0.2, -0.15) is 0 Å². The molecule has 0 atom stereocenters. The molecule has 0 bridgehead atoms. The zero-order valence-electron chi connectivity index (χ0n) is 9.68. The van der Waals surface area contributed by atoms with Crippen molar-refractivity contribution in [3.63, 3.8) is 0 Å². The monoisotopic (exact) mass is 241 g/mol. The van der Waals surface area contributed by atoms with Crippen LogP contribution < -0.4 is 0 Å². The van der Waals surface area contributed by atoms with Gasteiger partial charge in [-0.15, -0.1) is 0 Å². The first-order chi connectivity index (χ1) is 8.79. The SMILES string of the molecule is OCc1cn2ccccc2c1-c1cccc(F)c1. The second kappa shape index (κ2) is 4.27. The number of pyridine rings is 1. The Balaban J connectivity index is 2.33. The molecule has 2 heterocycles. The van der Waals surface area contributed by atoms with Gasteiger partial charge < -0.3 is 9.51 Å². The molecule has 18 heavy (non-hydrogen) atoms. The van der Waals surface area contributed by atoms with Crippen LogP contribution in [0.5, 0.6) is 0 Å². The molecular weight excluding hydrogens is 229 g/mol. The van der Waals surface area contributed by atoms with Crippen molar-refractivity contribution in [3.05, 3.63) is 66.2 Å². The lowest BCUT2D eigenvalue weighted by molar-refractivity contribution is 0.282. The number of nitrogens with zero attached hydrogens (tertiary/aromatic N) is 1. The second-order valence-electron chi connectivity index (χ2n) is 4.19. The van der Waals surface area contributed by atoms with Crippen molar-refractivity contribution in [3.8, 4) is 11.1 Å². The largest absolute Gasteiger partial charge is 0.392 e. The number of halogens is 1. The van der Waals surface area contributed by atoms with Crippen LogP contribution in [-0.4, -0.2) is 9.51 Å². The van der Waals surface area contributed by atoms with Crippen LogP contribution in [0.25, 0.3) is 16.6 Å². The molecule has 0 saturated carbocycles. The number of aliphatic hydroxyl groups excluding tert-OH is 1. The maximum absolute atomic E-state index is 13.3. The fourth-order valence-electron chi connectivity index (χ4n) is 2.27. The molecule has 0 aliphatic rings. The molecule has 0 fully saturated rings. The zero-order valence-corrected chi connectivity index (χ0v) is 9.68. The van der Waals surface area contributed by atoms with Crippen LogP contribution in [0.1, 0.15) is 5.56 Å². The molecule has 0 saturated heterocycles. The molecule has 3 rings (SSSR count). The Kier molecular flexibility index (Phi) is 2.61. The number of aromatic nitrogens is 1. The van der Waals surface area contributed by atoms with Gasteiger partial charge in [0.2, 0.25) is 0 Å². The van der Waals surface area contributed by atoms with Gasteiger partial charge in [-0.1, -0.05) is 18.2 Å². The molecule has 0 amide bonds. The molecule has 3 heteroatoms. The third-order valence-electron chi connectivity index (χ3n) is 3.05. The van der Waals surface area contributed by atoms with Crippen LogP contribution in [0.3, 0.4) is 0 Å². The normalized spacial score (nSPS) is 11.0. The Morgan fingerprint density at radius 1 is 1.11 bits per heavy atom. The Morgan fingerprint density at radius 2 is 2.00 bits per heavy atom. The summed E-state index contributed by atoms with van der Waals surface area (Å²) in [5, 5.41) is 9.44. The fourth-order valence-corrected chi connectivity index (χ4v) is 2.27. The van der Waals surface area contributed by atoms with Gasteiger partial charge in [-0.3, -0.25) is 0 Å². The molecule has 0 radical (unpaired) electrons. The van der Waals surface area contributed by atoms with Crippen molar-refractivity contribution in [2.45, 2.75) is 6.61 Å². The van der Waals surface area contributed by atoms with Crippen molar-refractivity contribution < 1.29 is 9.50 Å². The van der Waals surface area contributed by atoms with E-state index in [0.717, 1.165) is 22.2 Å². The van der Waals surface area contributed by atoms with Crippen molar-refractivity contribution in [1.29, 1.82) is 0 Å². The van der Waals surface area contributed by atoms with Crippen molar-refractivity contribution in [2.75, 3.05) is 0 Å². The van der Waals surface area contributed by atoms with Gasteiger partial charge in [-0.05, 0) is 29.8 Å². The standard InChI is InChI=1S/C15H12FNO/c16-13-5-3-4-11(8-13)15-12(10-18)9-17-7-2-1-6-14(15)17/h1-9,18H,10H2. The van der Waals surface area contributed by atoms with Gasteiger partial charge in [-0.25, -0.2) is 4.39 Å². The Labute approximate surface area is 104 Å². The minimum absolute atomic E-state index is 0.0620. The summed E-state index contributed by atoms with van der Waals surface area (Å²) in [6.45, 7) is -0.0620. The van der Waals surface area contributed by atoms with Crippen molar-refractivity contribution >= 4 is 5.52 Å². The third kappa shape index (κ3) is 1.69. The lowest BCUT2D eigenvalue weighted by Gasteiger charge is -2.03. The molecule has 0 aliphatic heterocycles. The van der Waals surface area contributed by atoms with Crippen LogP contribution in [0.4, 0.5) is 4.39 Å². The van der Waals surface area contributed by atoms with Crippen LogP contribution in [0.15, 0.2) is 54.9 Å². The van der Waals surface area contributed by atoms with E-state index in [0.29, 0.717) is 0 Å². The Hall–Kier alpha value is -2.13. The first-order valence-electron chi connectivity index (χ1n) is 5.75. The maximum atomic E-state index is 13.3. The summed E-state index contributed by atoms with van der Waals surface area (Å²) in [4.78, 5) is 0. The van der Waals surface area contributed by atoms with Gasteiger partial charge in [0.1, 0.15) is 5.82 Å². The highest BCUT2D eigenvalue weighted by Gasteiger charge is 2.11. The first kappa shape index (κ1) is 11.0. The number of aliphatic hydroxyl groups is 1. The minimum Gasteiger partial charge on any atom is -0.392 e. The Morgan fingerprint density at radius 3 is 2.78 bits per heavy atom. The first-order valence-corrected chi connectivity index (χ1v) is 5.75. The molecule has 3 aromatic rings. The molecule has 90 valence electrons. The van der Waals surface area contributed by atoms with Gasteiger partial charge in [0.05, 0.1) is 12.1 Å². The van der Waals surface area contributed by atoms with Gasteiger partial charge in [0, 0.05) is 23.5 Å². The second-order valence-corrected chi connectivity index (χ2v) is 4.19. The smallest absolute Gasteiger partial charge is 0.123 e. The number of benzene rings is 1. The average Bonchev–Trinajstić information content (AvgIpc) is 2.77. The minimum atomic E-state index is -0.272. The predicted molar refractivity (Wildman–Crippen MR) is 68.7 cm³/mol. The van der Waals surface area contributed by atoms with Crippen LogP contribution >= 0.6 is 0 Å². The fraction of sp³-hybridized carbons (Fsp3) is 0.0667. The highest BCUT2D eigenvalue weighted by Crippen LogP contribution is 2.30. The van der Waals surface area contributed by atoms with Gasteiger partial charge in [0.15, 0.2) is 0 Å². The molecule has 2 aromatic heterocycles. The maximum Gasteiger partial charge on any atom is 0.123 e. The van der Waals surface area contributed by atoms with E-state index in [-0.39, 0.29) is 12.4 Å². The van der Waals surface area contributed by atoms with Crippen molar-refractivity contribution in [1.82, 2.24) is 4.40 Å². The lowest BCUT2D eigenvalue weighted by Crippen LogP contribution is -1.85. The number of fused-ring (bicyclic) bond motifs is 1. The number of rotatable bonds is 2. The van der Waals surface area contributed by atoms with Crippen LogP contribution in [0, 0.1) is 5.82 Å². The molecular formula is C15H12FNO. The Bertz CT molecular complexity index is 703. The molecule has 0 spiro atoms. The predicted octanol–water partition coefficient (Wildman–Crippen LogP) is 3.24. The molecule has 1 aromatic carbocycles. The van der Waals surface area contributed by atoms with Gasteiger partial charge in [0.25, 0.3) is 0 Å². The molecule has 0 unspecified atom stereocenters. The topological polar surface area (TPSA) is 24.6 Å². The third-order valence-corrected chi connectivity index (χ3v) is 3.05. The van der Waals surface area contributed by atoms with E-state index >= 15 is 0 Å². The summed E-state index contributed by atoms with van der Waals surface area (Å²) in [6, 6.07) is 12.2. The quantitative estimate of drug-likeness (QED) is 0.732. The van der Waals surface area contributed by atoms with E-state index < -0.39 is 0 Å². The summed E-state index contributed by atoms with van der Waals surface area (Å²) < 4.78 is 15.3. The van der Waals surface area contributed by atoms with Gasteiger partial charge >= 0.3 is 0 Å². The highest BCUT2D eigenvalue weighted by molar-refractivity contribution is 5.84.